The fraction of sp³-hybridized carbons (Fsp3) is 0.474. The number of methoxy groups -OCH3 is 1. The van der Waals surface area contributed by atoms with Gasteiger partial charge in [0.15, 0.2) is 5.96 Å². The van der Waals surface area contributed by atoms with E-state index in [0.717, 1.165) is 42.7 Å². The first-order valence-corrected chi connectivity index (χ1v) is 8.62. The molecule has 144 valence electrons. The van der Waals surface area contributed by atoms with Crippen LogP contribution in [0, 0.1) is 20.8 Å². The van der Waals surface area contributed by atoms with Gasteiger partial charge in [-0.2, -0.15) is 0 Å². The molecule has 7 heteroatoms. The zero-order valence-corrected chi connectivity index (χ0v) is 18.5. The molecule has 0 unspecified atom stereocenters. The molecule has 0 saturated heterocycles. The van der Waals surface area contributed by atoms with Crippen molar-refractivity contribution in [2.75, 3.05) is 20.2 Å². The van der Waals surface area contributed by atoms with Gasteiger partial charge < -0.3 is 19.8 Å². The van der Waals surface area contributed by atoms with Gasteiger partial charge in [0.2, 0.25) is 5.89 Å². The van der Waals surface area contributed by atoms with E-state index in [1.54, 1.807) is 7.11 Å². The first-order chi connectivity index (χ1) is 12.0. The highest BCUT2D eigenvalue weighted by atomic mass is 127. The van der Waals surface area contributed by atoms with E-state index in [-0.39, 0.29) is 24.0 Å². The molecule has 0 fully saturated rings. The Bertz CT molecular complexity index is 709. The van der Waals surface area contributed by atoms with Crippen LogP contribution in [0.3, 0.4) is 0 Å². The maximum Gasteiger partial charge on any atom is 0.216 e. The second-order valence-electron chi connectivity index (χ2n) is 5.94. The third-order valence-electron chi connectivity index (χ3n) is 3.91. The fourth-order valence-corrected chi connectivity index (χ4v) is 2.51. The Morgan fingerprint density at radius 2 is 2.00 bits per heavy atom. The lowest BCUT2D eigenvalue weighted by Crippen LogP contribution is -2.38. The number of aryl methyl sites for hydroxylation is 3. The van der Waals surface area contributed by atoms with E-state index in [1.807, 2.05) is 26.8 Å². The predicted octanol–water partition coefficient (Wildman–Crippen LogP) is 3.52. The number of hydrogen-bond acceptors (Lipinski definition) is 4. The van der Waals surface area contributed by atoms with Gasteiger partial charge in [-0.1, -0.05) is 17.7 Å². The van der Waals surface area contributed by atoms with Gasteiger partial charge in [0, 0.05) is 13.1 Å². The number of hydrogen-bond donors (Lipinski definition) is 2. The highest BCUT2D eigenvalue weighted by molar-refractivity contribution is 14.0. The van der Waals surface area contributed by atoms with Crippen molar-refractivity contribution in [1.29, 1.82) is 0 Å². The zero-order valence-electron chi connectivity index (χ0n) is 16.2. The van der Waals surface area contributed by atoms with Crippen molar-refractivity contribution in [2.45, 2.75) is 40.7 Å². The lowest BCUT2D eigenvalue weighted by molar-refractivity contribution is 0.409. The summed E-state index contributed by atoms with van der Waals surface area (Å²) in [6.45, 7) is 9.94. The average Bonchev–Trinajstić information content (AvgIpc) is 2.91. The summed E-state index contributed by atoms with van der Waals surface area (Å²) < 4.78 is 11.0. The number of rotatable bonds is 7. The fourth-order valence-electron chi connectivity index (χ4n) is 2.51. The Kier molecular flexibility index (Phi) is 9.47. The minimum absolute atomic E-state index is 0. The van der Waals surface area contributed by atoms with Crippen LogP contribution in [0.15, 0.2) is 27.6 Å². The Labute approximate surface area is 172 Å². The number of aromatic nitrogens is 1. The van der Waals surface area contributed by atoms with Crippen LogP contribution in [-0.4, -0.2) is 31.1 Å². The van der Waals surface area contributed by atoms with Gasteiger partial charge in [-0.25, -0.2) is 9.98 Å². The average molecular weight is 472 g/mol. The van der Waals surface area contributed by atoms with Crippen LogP contribution in [0.2, 0.25) is 0 Å². The number of nitrogens with one attached hydrogen (secondary N) is 2. The van der Waals surface area contributed by atoms with Crippen LogP contribution < -0.4 is 15.4 Å². The van der Waals surface area contributed by atoms with E-state index >= 15 is 0 Å². The van der Waals surface area contributed by atoms with Gasteiger partial charge >= 0.3 is 0 Å². The second kappa shape index (κ2) is 11.1. The first-order valence-electron chi connectivity index (χ1n) is 8.62. The van der Waals surface area contributed by atoms with Gasteiger partial charge in [-0.05, 0) is 45.7 Å². The minimum Gasteiger partial charge on any atom is -0.496 e. The van der Waals surface area contributed by atoms with Gasteiger partial charge in [0.1, 0.15) is 18.1 Å². The molecule has 2 rings (SSSR count). The number of oxazole rings is 1. The topological polar surface area (TPSA) is 71.7 Å². The number of benzene rings is 1. The smallest absolute Gasteiger partial charge is 0.216 e. The molecule has 0 spiro atoms. The van der Waals surface area contributed by atoms with Crippen molar-refractivity contribution in [3.63, 3.8) is 0 Å². The molecule has 0 aliphatic rings. The SMILES string of the molecule is CCNC(=NCc1nc(C)c(C)o1)NCCc1cc(C)ccc1OC.I. The summed E-state index contributed by atoms with van der Waals surface area (Å²) in [6.07, 6.45) is 0.854. The number of aliphatic imine (C=N–C) groups is 1. The van der Waals surface area contributed by atoms with E-state index in [4.69, 9.17) is 9.15 Å². The third-order valence-corrected chi connectivity index (χ3v) is 3.91. The van der Waals surface area contributed by atoms with Gasteiger partial charge in [0.05, 0.1) is 12.8 Å². The van der Waals surface area contributed by atoms with E-state index < -0.39 is 0 Å². The molecule has 0 aliphatic heterocycles. The van der Waals surface area contributed by atoms with Crippen LogP contribution >= 0.6 is 24.0 Å². The summed E-state index contributed by atoms with van der Waals surface area (Å²) in [6, 6.07) is 6.22. The second-order valence-corrected chi connectivity index (χ2v) is 5.94. The normalized spacial score (nSPS) is 11.0. The van der Waals surface area contributed by atoms with Gasteiger partial charge in [-0.15, -0.1) is 24.0 Å². The van der Waals surface area contributed by atoms with E-state index in [2.05, 4.69) is 39.7 Å². The minimum atomic E-state index is 0. The largest absolute Gasteiger partial charge is 0.496 e. The van der Waals surface area contributed by atoms with Crippen LogP contribution in [0.5, 0.6) is 5.75 Å². The molecule has 26 heavy (non-hydrogen) atoms. The Hall–Kier alpha value is -1.77. The molecule has 1 aromatic carbocycles. The molecular weight excluding hydrogens is 443 g/mol. The summed E-state index contributed by atoms with van der Waals surface area (Å²) in [5, 5.41) is 6.58. The summed E-state index contributed by atoms with van der Waals surface area (Å²) in [5.41, 5.74) is 3.32. The first kappa shape index (κ1) is 22.3. The zero-order chi connectivity index (χ0) is 18.2. The molecule has 0 amide bonds. The molecule has 6 nitrogen and oxygen atoms in total. The molecule has 2 N–H and O–H groups in total. The predicted molar refractivity (Wildman–Crippen MR) is 116 cm³/mol. The molecule has 1 heterocycles. The number of ether oxygens (including phenoxy) is 1. The number of nitrogens with zero attached hydrogens (tertiary/aromatic N) is 2. The van der Waals surface area contributed by atoms with Crippen molar-refractivity contribution in [2.24, 2.45) is 4.99 Å². The van der Waals surface area contributed by atoms with Crippen molar-refractivity contribution < 1.29 is 9.15 Å². The van der Waals surface area contributed by atoms with Gasteiger partial charge in [-0.3, -0.25) is 0 Å². The maximum absolute atomic E-state index is 5.57. The van der Waals surface area contributed by atoms with Gasteiger partial charge in [0.25, 0.3) is 0 Å². The summed E-state index contributed by atoms with van der Waals surface area (Å²) in [5.74, 6) is 3.14. The summed E-state index contributed by atoms with van der Waals surface area (Å²) in [7, 11) is 1.70. The van der Waals surface area contributed by atoms with E-state index in [0.29, 0.717) is 12.4 Å². The quantitative estimate of drug-likeness (QED) is 0.367. The lowest BCUT2D eigenvalue weighted by Gasteiger charge is -2.13. The van der Waals surface area contributed by atoms with Crippen LogP contribution in [0.25, 0.3) is 0 Å². The van der Waals surface area contributed by atoms with Crippen molar-refractivity contribution in [1.82, 2.24) is 15.6 Å². The van der Waals surface area contributed by atoms with Crippen molar-refractivity contribution in [3.8, 4) is 5.75 Å². The standard InChI is InChI=1S/C19H28N4O2.HI/c1-6-20-19(22-12-18-23-14(3)15(4)25-18)21-10-9-16-11-13(2)7-8-17(16)24-5;/h7-8,11H,6,9-10,12H2,1-5H3,(H2,20,21,22);1H. The number of halogens is 1. The van der Waals surface area contributed by atoms with E-state index in [1.165, 1.54) is 11.1 Å². The molecule has 0 radical (unpaired) electrons. The van der Waals surface area contributed by atoms with Crippen LogP contribution in [0.1, 0.15) is 35.4 Å². The maximum atomic E-state index is 5.57. The Balaban J connectivity index is 0.00000338. The highest BCUT2D eigenvalue weighted by Gasteiger charge is 2.06. The van der Waals surface area contributed by atoms with Crippen LogP contribution in [0.4, 0.5) is 0 Å². The molecule has 0 bridgehead atoms. The molecule has 0 saturated carbocycles. The molecule has 0 atom stereocenters. The monoisotopic (exact) mass is 472 g/mol. The third kappa shape index (κ3) is 6.51. The van der Waals surface area contributed by atoms with Crippen molar-refractivity contribution >= 4 is 29.9 Å². The van der Waals surface area contributed by atoms with Crippen molar-refractivity contribution in [3.05, 3.63) is 46.7 Å². The molecule has 1 aromatic heterocycles. The highest BCUT2D eigenvalue weighted by Crippen LogP contribution is 2.19. The molecule has 0 aliphatic carbocycles. The Morgan fingerprint density at radius 3 is 2.62 bits per heavy atom. The summed E-state index contributed by atoms with van der Waals surface area (Å²) in [4.78, 5) is 8.89. The number of guanidine groups is 1. The molecular formula is C19H29IN4O2. The van der Waals surface area contributed by atoms with Crippen LogP contribution in [-0.2, 0) is 13.0 Å². The molecule has 2 aromatic rings. The summed E-state index contributed by atoms with van der Waals surface area (Å²) >= 11 is 0. The Morgan fingerprint density at radius 1 is 1.23 bits per heavy atom. The lowest BCUT2D eigenvalue weighted by atomic mass is 10.1. The van der Waals surface area contributed by atoms with E-state index in [9.17, 15) is 0 Å².